The van der Waals surface area contributed by atoms with Crippen molar-refractivity contribution in [1.82, 2.24) is 16.0 Å². The maximum Gasteiger partial charge on any atom is 0.408 e. The monoisotopic (exact) mass is 555 g/mol. The summed E-state index contributed by atoms with van der Waals surface area (Å²) in [5.41, 5.74) is 10.7. The van der Waals surface area contributed by atoms with Gasteiger partial charge < -0.3 is 32.2 Å². The lowest BCUT2D eigenvalue weighted by atomic mass is 10.0. The van der Waals surface area contributed by atoms with Crippen molar-refractivity contribution in [2.24, 2.45) is 22.4 Å². The number of nitrogens with two attached hydrogens (primary N) is 2. The van der Waals surface area contributed by atoms with Gasteiger partial charge in [-0.2, -0.15) is 0 Å². The van der Waals surface area contributed by atoms with Gasteiger partial charge in [-0.25, -0.2) is 4.79 Å². The van der Waals surface area contributed by atoms with Gasteiger partial charge in [-0.1, -0.05) is 44.2 Å². The smallest absolute Gasteiger partial charge is 0.408 e. The second-order valence-electron chi connectivity index (χ2n) is 10.7. The third-order valence-corrected chi connectivity index (χ3v) is 5.66. The fourth-order valence-electron chi connectivity index (χ4n) is 3.77. The average molecular weight is 556 g/mol. The number of alkyl carbamates (subject to hydrolysis) is 1. The molecule has 0 aliphatic rings. The molecular weight excluding hydrogens is 514 g/mol. The minimum atomic E-state index is -0.934. The van der Waals surface area contributed by atoms with Gasteiger partial charge in [0.1, 0.15) is 17.7 Å². The van der Waals surface area contributed by atoms with Gasteiger partial charge in [0.05, 0.1) is 6.54 Å². The van der Waals surface area contributed by atoms with Gasteiger partial charge in [-0.05, 0) is 62.4 Å². The van der Waals surface area contributed by atoms with E-state index in [9.17, 15) is 19.2 Å². The van der Waals surface area contributed by atoms with Crippen molar-refractivity contribution >= 4 is 46.2 Å². The van der Waals surface area contributed by atoms with Crippen molar-refractivity contribution in [1.29, 1.82) is 0 Å². The van der Waals surface area contributed by atoms with Crippen molar-refractivity contribution in [2.45, 2.75) is 65.1 Å². The number of guanidine groups is 1. The number of ether oxygens (including phenoxy) is 1. The molecule has 0 fully saturated rings. The van der Waals surface area contributed by atoms with Crippen LogP contribution in [0.5, 0.6) is 0 Å². The molecule has 0 radical (unpaired) electrons. The molecule has 12 heteroatoms. The highest BCUT2D eigenvalue weighted by Gasteiger charge is 2.27. The number of anilines is 1. The van der Waals surface area contributed by atoms with E-state index in [1.165, 1.54) is 0 Å². The van der Waals surface area contributed by atoms with E-state index < -0.39 is 48.0 Å². The number of fused-ring (bicyclic) bond motifs is 1. The van der Waals surface area contributed by atoms with Crippen LogP contribution in [0.4, 0.5) is 10.5 Å². The molecule has 12 nitrogen and oxygen atoms in total. The minimum absolute atomic E-state index is 0.0460. The lowest BCUT2D eigenvalue weighted by Crippen LogP contribution is -2.53. The van der Waals surface area contributed by atoms with Crippen LogP contribution in [-0.4, -0.2) is 60.5 Å². The number of carbonyl (C=O) groups excluding carboxylic acids is 4. The van der Waals surface area contributed by atoms with Gasteiger partial charge in [0.2, 0.25) is 17.7 Å². The largest absolute Gasteiger partial charge is 0.444 e. The summed E-state index contributed by atoms with van der Waals surface area (Å²) < 4.78 is 5.22. The average Bonchev–Trinajstić information content (AvgIpc) is 2.86. The Bertz CT molecular complexity index is 1220. The Balaban J connectivity index is 2.01. The van der Waals surface area contributed by atoms with Gasteiger partial charge >= 0.3 is 6.09 Å². The molecule has 218 valence electrons. The molecule has 0 saturated carbocycles. The number of hydrogen-bond donors (Lipinski definition) is 6. The maximum absolute atomic E-state index is 13.0. The van der Waals surface area contributed by atoms with Crippen LogP contribution in [0.15, 0.2) is 47.5 Å². The number of aliphatic imine (C=N–C) groups is 1. The number of nitrogens with zero attached hydrogens (tertiary/aromatic N) is 1. The Morgan fingerprint density at radius 2 is 1.65 bits per heavy atom. The zero-order valence-corrected chi connectivity index (χ0v) is 23.7. The number of imide groups is 1. The summed E-state index contributed by atoms with van der Waals surface area (Å²) in [4.78, 5) is 54.4. The Morgan fingerprint density at radius 1 is 0.975 bits per heavy atom. The van der Waals surface area contributed by atoms with Gasteiger partial charge in [0.15, 0.2) is 5.96 Å². The molecule has 0 heterocycles. The molecule has 0 spiro atoms. The number of amides is 4. The van der Waals surface area contributed by atoms with Crippen LogP contribution in [0.1, 0.15) is 47.5 Å². The van der Waals surface area contributed by atoms with Gasteiger partial charge in [0, 0.05) is 12.2 Å². The van der Waals surface area contributed by atoms with Crippen LogP contribution in [-0.2, 0) is 19.1 Å². The lowest BCUT2D eigenvalue weighted by Gasteiger charge is -2.25. The molecule has 0 aromatic heterocycles. The van der Waals surface area contributed by atoms with E-state index in [2.05, 4.69) is 26.3 Å². The highest BCUT2D eigenvalue weighted by atomic mass is 16.6. The Labute approximate surface area is 234 Å². The topological polar surface area (TPSA) is 190 Å². The summed E-state index contributed by atoms with van der Waals surface area (Å²) in [5, 5.41) is 12.5. The normalized spacial score (nSPS) is 12.7. The Kier molecular flexibility index (Phi) is 11.7. The summed E-state index contributed by atoms with van der Waals surface area (Å²) in [6.07, 6.45) is 0.0717. The van der Waals surface area contributed by atoms with Crippen LogP contribution in [0, 0.1) is 5.92 Å². The molecule has 2 atom stereocenters. The van der Waals surface area contributed by atoms with E-state index in [1.807, 2.05) is 42.5 Å². The minimum Gasteiger partial charge on any atom is -0.444 e. The van der Waals surface area contributed by atoms with Crippen LogP contribution >= 0.6 is 0 Å². The first-order valence-corrected chi connectivity index (χ1v) is 13.2. The molecule has 8 N–H and O–H groups in total. The van der Waals surface area contributed by atoms with Crippen molar-refractivity contribution in [2.75, 3.05) is 18.4 Å². The van der Waals surface area contributed by atoms with Crippen molar-refractivity contribution in [3.05, 3.63) is 42.5 Å². The van der Waals surface area contributed by atoms with E-state index in [0.717, 1.165) is 10.8 Å². The zero-order chi connectivity index (χ0) is 29.9. The summed E-state index contributed by atoms with van der Waals surface area (Å²) in [6, 6.07) is 11.8. The third-order valence-electron chi connectivity index (χ3n) is 5.66. The first-order chi connectivity index (χ1) is 18.7. The quantitative estimate of drug-likeness (QED) is 0.130. The third kappa shape index (κ3) is 11.2. The van der Waals surface area contributed by atoms with E-state index >= 15 is 0 Å². The first kappa shape index (κ1) is 31.9. The van der Waals surface area contributed by atoms with E-state index in [4.69, 9.17) is 16.2 Å². The number of carbonyl (C=O) groups is 4. The Hall–Kier alpha value is -4.35. The van der Waals surface area contributed by atoms with Crippen molar-refractivity contribution in [3.63, 3.8) is 0 Å². The van der Waals surface area contributed by atoms with Crippen LogP contribution in [0.3, 0.4) is 0 Å². The number of benzene rings is 2. The molecule has 0 aliphatic heterocycles. The van der Waals surface area contributed by atoms with Crippen LogP contribution in [0.25, 0.3) is 10.8 Å². The van der Waals surface area contributed by atoms with E-state index in [1.54, 1.807) is 34.6 Å². The van der Waals surface area contributed by atoms with Crippen molar-refractivity contribution < 1.29 is 23.9 Å². The summed E-state index contributed by atoms with van der Waals surface area (Å²) in [5.74, 6) is -2.17. The number of nitrogens with one attached hydrogen (secondary N) is 4. The molecule has 2 rings (SSSR count). The van der Waals surface area contributed by atoms with Crippen LogP contribution in [0.2, 0.25) is 0 Å². The molecule has 4 amide bonds. The predicted octanol–water partition coefficient (Wildman–Crippen LogP) is 1.98. The molecule has 2 aromatic carbocycles. The predicted molar refractivity (Wildman–Crippen MR) is 155 cm³/mol. The molecule has 0 aliphatic carbocycles. The molecule has 0 unspecified atom stereocenters. The molecule has 40 heavy (non-hydrogen) atoms. The summed E-state index contributed by atoms with van der Waals surface area (Å²) in [7, 11) is 0. The van der Waals surface area contributed by atoms with E-state index in [-0.39, 0.29) is 11.9 Å². The fourth-order valence-corrected chi connectivity index (χ4v) is 3.77. The molecular formula is C28H41N7O5. The maximum atomic E-state index is 13.0. The summed E-state index contributed by atoms with van der Waals surface area (Å²) >= 11 is 0. The molecule has 0 saturated heterocycles. The standard InChI is InChI=1S/C28H41N7O5/c1-17(2)23(35-27(39)40-28(3,4)5)25(38)32-16-22(36)34-24(37)21(11-8-14-31-26(29)30)33-20-13-12-18-9-6-7-10-19(18)15-20/h6-7,9-10,12-13,15,17,21,23,33H,8,11,14,16H2,1-5H3,(H,32,38)(H,35,39)(H4,29,30,31)(H,34,36,37)/t21-,23-/m0/s1. The second kappa shape index (κ2) is 14.7. The van der Waals surface area contributed by atoms with Crippen molar-refractivity contribution in [3.8, 4) is 0 Å². The van der Waals surface area contributed by atoms with Gasteiger partial charge in [-0.3, -0.25) is 24.7 Å². The summed E-state index contributed by atoms with van der Waals surface area (Å²) in [6.45, 7) is 8.48. The van der Waals surface area contributed by atoms with Crippen LogP contribution < -0.4 is 32.7 Å². The lowest BCUT2D eigenvalue weighted by molar-refractivity contribution is -0.132. The van der Waals surface area contributed by atoms with Gasteiger partial charge in [-0.15, -0.1) is 0 Å². The highest BCUT2D eigenvalue weighted by Crippen LogP contribution is 2.20. The zero-order valence-electron chi connectivity index (χ0n) is 23.7. The Morgan fingerprint density at radius 3 is 2.27 bits per heavy atom. The highest BCUT2D eigenvalue weighted by molar-refractivity contribution is 6.01. The number of hydrogen-bond acceptors (Lipinski definition) is 7. The molecule has 0 bridgehead atoms. The fraction of sp³-hybridized carbons (Fsp3) is 0.464. The number of rotatable bonds is 12. The second-order valence-corrected chi connectivity index (χ2v) is 10.7. The SMILES string of the molecule is CC(C)[C@H](NC(=O)OC(C)(C)C)C(=O)NCC(=O)NC(=O)[C@H](CCCN=C(N)N)Nc1ccc2ccccc2c1. The molecule has 2 aromatic rings. The first-order valence-electron chi connectivity index (χ1n) is 13.2. The van der Waals surface area contributed by atoms with Gasteiger partial charge in [0.25, 0.3) is 0 Å². The van der Waals surface area contributed by atoms with E-state index in [0.29, 0.717) is 25.1 Å².